The summed E-state index contributed by atoms with van der Waals surface area (Å²) in [5.74, 6) is 0.266. The van der Waals surface area contributed by atoms with E-state index in [9.17, 15) is 13.2 Å². The van der Waals surface area contributed by atoms with Gasteiger partial charge in [0.15, 0.2) is 0 Å². The number of carbonyl (C=O) groups excluding carboxylic acids is 1. The van der Waals surface area contributed by atoms with E-state index >= 15 is 0 Å². The molecule has 2 atom stereocenters. The van der Waals surface area contributed by atoms with Gasteiger partial charge in [0.2, 0.25) is 15.9 Å². The van der Waals surface area contributed by atoms with Crippen molar-refractivity contribution in [3.05, 3.63) is 17.0 Å². The Morgan fingerprint density at radius 1 is 1.20 bits per heavy atom. The lowest BCUT2D eigenvalue weighted by molar-refractivity contribution is -0.136. The largest absolute Gasteiger partial charge is 0.336 e. The van der Waals surface area contributed by atoms with E-state index in [1.54, 1.807) is 8.99 Å². The van der Waals surface area contributed by atoms with Gasteiger partial charge in [0.25, 0.3) is 0 Å². The minimum Gasteiger partial charge on any atom is -0.336 e. The van der Waals surface area contributed by atoms with Gasteiger partial charge in [-0.15, -0.1) is 0 Å². The smallest absolute Gasteiger partial charge is 0.244 e. The highest BCUT2D eigenvalue weighted by Gasteiger charge is 2.39. The first-order chi connectivity index (χ1) is 11.7. The lowest BCUT2D eigenvalue weighted by Crippen LogP contribution is -2.48. The van der Waals surface area contributed by atoms with Crippen LogP contribution >= 0.6 is 0 Å². The van der Waals surface area contributed by atoms with Gasteiger partial charge in [-0.3, -0.25) is 9.48 Å². The predicted octanol–water partition coefficient (Wildman–Crippen LogP) is 0.945. The van der Waals surface area contributed by atoms with Gasteiger partial charge in [0.1, 0.15) is 6.54 Å². The molecule has 0 unspecified atom stereocenters. The number of nitrogens with zero attached hydrogens (tertiary/aromatic N) is 4. The maximum absolute atomic E-state index is 12.9. The SMILES string of the molecule is CCc1c(C)nn(CC(=O)N2C[C@H]3CC[C@@H]2CN(S(C)(=O)=O)C3)c1C. The van der Waals surface area contributed by atoms with Crippen LogP contribution in [0.1, 0.15) is 36.7 Å². The summed E-state index contributed by atoms with van der Waals surface area (Å²) in [6.07, 6.45) is 4.02. The average Bonchev–Trinajstić information content (AvgIpc) is 2.75. The van der Waals surface area contributed by atoms with Gasteiger partial charge in [0.05, 0.1) is 11.9 Å². The summed E-state index contributed by atoms with van der Waals surface area (Å²) in [6.45, 7) is 7.90. The first-order valence-electron chi connectivity index (χ1n) is 8.98. The molecule has 0 aromatic carbocycles. The highest BCUT2D eigenvalue weighted by Crippen LogP contribution is 2.29. The van der Waals surface area contributed by atoms with Crippen molar-refractivity contribution in [3.8, 4) is 0 Å². The number of aromatic nitrogens is 2. The van der Waals surface area contributed by atoms with Crippen molar-refractivity contribution in [1.29, 1.82) is 0 Å². The summed E-state index contributed by atoms with van der Waals surface area (Å²) < 4.78 is 27.2. The Hall–Kier alpha value is -1.41. The Bertz CT molecular complexity index is 771. The van der Waals surface area contributed by atoms with Crippen LogP contribution in [0.25, 0.3) is 0 Å². The lowest BCUT2D eigenvalue weighted by atomic mass is 9.95. The number of fused-ring (bicyclic) bond motifs is 4. The Labute approximate surface area is 150 Å². The average molecular weight is 369 g/mol. The van der Waals surface area contributed by atoms with Crippen molar-refractivity contribution in [2.75, 3.05) is 25.9 Å². The van der Waals surface area contributed by atoms with Gasteiger partial charge < -0.3 is 4.90 Å². The number of carbonyl (C=O) groups is 1. The van der Waals surface area contributed by atoms with Crippen LogP contribution in [0.2, 0.25) is 0 Å². The summed E-state index contributed by atoms with van der Waals surface area (Å²) in [5.41, 5.74) is 3.23. The van der Waals surface area contributed by atoms with E-state index < -0.39 is 10.0 Å². The molecule has 0 N–H and O–H groups in total. The van der Waals surface area contributed by atoms with Crippen molar-refractivity contribution in [2.24, 2.45) is 5.92 Å². The summed E-state index contributed by atoms with van der Waals surface area (Å²) in [7, 11) is -3.22. The molecule has 0 saturated carbocycles. The third kappa shape index (κ3) is 3.60. The number of amides is 1. The maximum Gasteiger partial charge on any atom is 0.244 e. The topological polar surface area (TPSA) is 75.5 Å². The Kier molecular flexibility index (Phi) is 4.94. The van der Waals surface area contributed by atoms with Crippen molar-refractivity contribution < 1.29 is 13.2 Å². The predicted molar refractivity (Wildman–Crippen MR) is 95.7 cm³/mol. The van der Waals surface area contributed by atoms with E-state index in [0.717, 1.165) is 30.7 Å². The molecule has 2 bridgehead atoms. The first-order valence-corrected chi connectivity index (χ1v) is 10.8. The fraction of sp³-hybridized carbons (Fsp3) is 0.765. The number of hydrogen-bond acceptors (Lipinski definition) is 4. The quantitative estimate of drug-likeness (QED) is 0.793. The lowest BCUT2D eigenvalue weighted by Gasteiger charge is -2.36. The van der Waals surface area contributed by atoms with Crippen LogP contribution in [0.15, 0.2) is 0 Å². The molecule has 0 aliphatic carbocycles. The van der Waals surface area contributed by atoms with E-state index in [-0.39, 0.29) is 24.4 Å². The molecular weight excluding hydrogens is 340 g/mol. The molecule has 7 nitrogen and oxygen atoms in total. The first kappa shape index (κ1) is 18.4. The van der Waals surface area contributed by atoms with E-state index in [1.807, 2.05) is 18.7 Å². The fourth-order valence-electron chi connectivity index (χ4n) is 4.23. The minimum absolute atomic E-state index is 0.0245. The van der Waals surface area contributed by atoms with Crippen LogP contribution in [0.4, 0.5) is 0 Å². The Morgan fingerprint density at radius 2 is 1.92 bits per heavy atom. The van der Waals surface area contributed by atoms with Crippen LogP contribution in [0, 0.1) is 19.8 Å². The molecule has 3 fully saturated rings. The second kappa shape index (κ2) is 6.72. The molecule has 1 amide bonds. The second-order valence-corrected chi connectivity index (χ2v) is 9.37. The van der Waals surface area contributed by atoms with Gasteiger partial charge in [0, 0.05) is 31.4 Å². The molecule has 4 rings (SSSR count). The van der Waals surface area contributed by atoms with Gasteiger partial charge in [-0.1, -0.05) is 6.92 Å². The van der Waals surface area contributed by atoms with Crippen LogP contribution in [0.5, 0.6) is 0 Å². The van der Waals surface area contributed by atoms with Crippen LogP contribution in [-0.4, -0.2) is 65.2 Å². The van der Waals surface area contributed by atoms with E-state index in [2.05, 4.69) is 12.0 Å². The molecule has 3 aliphatic rings. The zero-order chi connectivity index (χ0) is 18.4. The number of sulfonamides is 1. The van der Waals surface area contributed by atoms with Crippen LogP contribution in [0.3, 0.4) is 0 Å². The maximum atomic E-state index is 12.9. The van der Waals surface area contributed by atoms with E-state index in [0.29, 0.717) is 19.6 Å². The fourth-order valence-corrected chi connectivity index (χ4v) is 5.16. The molecule has 140 valence electrons. The molecule has 4 heterocycles. The molecule has 8 heteroatoms. The number of aryl methyl sites for hydroxylation is 1. The second-order valence-electron chi connectivity index (χ2n) is 7.38. The zero-order valence-electron chi connectivity index (χ0n) is 15.5. The normalized spacial score (nSPS) is 24.6. The molecule has 0 spiro atoms. The minimum atomic E-state index is -3.22. The van der Waals surface area contributed by atoms with Crippen molar-refractivity contribution in [3.63, 3.8) is 0 Å². The van der Waals surface area contributed by atoms with Gasteiger partial charge >= 0.3 is 0 Å². The molecule has 25 heavy (non-hydrogen) atoms. The van der Waals surface area contributed by atoms with Gasteiger partial charge in [-0.2, -0.15) is 9.40 Å². The standard InChI is InChI=1S/C17H28N4O3S/c1-5-16-12(2)18-21(13(16)3)11-17(22)20-9-14-6-7-15(20)10-19(8-14)25(4,23)24/h14-15H,5-11H2,1-4H3/t14-,15+/m0/s1. The highest BCUT2D eigenvalue weighted by molar-refractivity contribution is 7.88. The van der Waals surface area contributed by atoms with Crippen molar-refractivity contribution in [2.45, 2.75) is 52.6 Å². The number of piperidine rings is 1. The summed E-state index contributed by atoms with van der Waals surface area (Å²) >= 11 is 0. The highest BCUT2D eigenvalue weighted by atomic mass is 32.2. The molecular formula is C17H28N4O3S. The molecule has 0 radical (unpaired) electrons. The third-order valence-corrected chi connectivity index (χ3v) is 6.88. The van der Waals surface area contributed by atoms with E-state index in [4.69, 9.17) is 0 Å². The summed E-state index contributed by atoms with van der Waals surface area (Å²) in [4.78, 5) is 14.8. The monoisotopic (exact) mass is 368 g/mol. The third-order valence-electron chi connectivity index (χ3n) is 5.64. The van der Waals surface area contributed by atoms with Crippen molar-refractivity contribution in [1.82, 2.24) is 19.0 Å². The summed E-state index contributed by atoms with van der Waals surface area (Å²) in [5, 5.41) is 4.52. The number of rotatable bonds is 4. The number of hydrogen-bond donors (Lipinski definition) is 0. The van der Waals surface area contributed by atoms with Crippen molar-refractivity contribution >= 4 is 15.9 Å². The molecule has 1 aromatic rings. The zero-order valence-corrected chi connectivity index (χ0v) is 16.3. The molecule has 3 aliphatic heterocycles. The van der Waals surface area contributed by atoms with Gasteiger partial charge in [-0.25, -0.2) is 8.42 Å². The van der Waals surface area contributed by atoms with E-state index in [1.165, 1.54) is 11.8 Å². The summed E-state index contributed by atoms with van der Waals surface area (Å²) in [6, 6.07) is -0.0245. The molecule has 1 aromatic heterocycles. The Morgan fingerprint density at radius 3 is 2.52 bits per heavy atom. The molecule has 3 saturated heterocycles. The van der Waals surface area contributed by atoms with Gasteiger partial charge in [-0.05, 0) is 44.6 Å². The van der Waals surface area contributed by atoms with Crippen LogP contribution < -0.4 is 0 Å². The Balaban J connectivity index is 1.77. The van der Waals surface area contributed by atoms with Crippen LogP contribution in [-0.2, 0) is 27.8 Å².